The van der Waals surface area contributed by atoms with Gasteiger partial charge in [-0.25, -0.2) is 8.42 Å². The molecule has 0 aliphatic heterocycles. The number of aliphatic hydroxyl groups excluding tert-OH is 1. The minimum atomic E-state index is -4.44. The Morgan fingerprint density at radius 2 is 1.27 bits per heavy atom. The van der Waals surface area contributed by atoms with Crippen LogP contribution in [0.5, 0.6) is 0 Å². The maximum atomic E-state index is 9.61. The average Bonchev–Trinajstić information content (AvgIpc) is 2.47. The molecule has 0 aliphatic carbocycles. The van der Waals surface area contributed by atoms with Crippen molar-refractivity contribution in [2.24, 2.45) is 0 Å². The first-order valence-electron chi connectivity index (χ1n) is 6.03. The SMILES string of the molecule is CCCC.CCCO.CCCOS(=O)(=O)[O-].I.II.I[I-]I. The molecule has 0 rings (SSSR count). The number of aliphatic hydroxyl groups is 1. The van der Waals surface area contributed by atoms with E-state index in [9.17, 15) is 13.0 Å². The van der Waals surface area contributed by atoms with Crippen LogP contribution in [0.15, 0.2) is 0 Å². The van der Waals surface area contributed by atoms with Gasteiger partial charge < -0.3 is 9.66 Å². The molecule has 0 atom stereocenters. The van der Waals surface area contributed by atoms with Crippen LogP contribution >= 0.6 is 98.4 Å². The summed E-state index contributed by atoms with van der Waals surface area (Å²) in [7, 11) is -4.44. The third kappa shape index (κ3) is 104. The molecule has 0 spiro atoms. The Balaban J connectivity index is -0.0000000395. The molecule has 146 valence electrons. The summed E-state index contributed by atoms with van der Waals surface area (Å²) in [5.74, 6) is 0. The predicted octanol–water partition coefficient (Wildman–Crippen LogP) is 3.23. The third-order valence-electron chi connectivity index (χ3n) is 1.16. The molecule has 0 saturated heterocycles. The maximum absolute atomic E-state index is 9.61. The van der Waals surface area contributed by atoms with E-state index < -0.39 is 10.4 Å². The number of halogens is 6. The summed E-state index contributed by atoms with van der Waals surface area (Å²) in [6.07, 6.45) is 4.04. The van der Waals surface area contributed by atoms with Gasteiger partial charge in [0, 0.05) is 43.8 Å². The van der Waals surface area contributed by atoms with Crippen LogP contribution in [-0.2, 0) is 14.6 Å². The van der Waals surface area contributed by atoms with Gasteiger partial charge in [0.05, 0.1) is 6.61 Å². The molecule has 22 heavy (non-hydrogen) atoms. The Morgan fingerprint density at radius 3 is 1.32 bits per heavy atom. The van der Waals surface area contributed by atoms with E-state index in [-0.39, 0.29) is 30.6 Å². The summed E-state index contributed by atoms with van der Waals surface area (Å²) in [6, 6.07) is 0. The Hall–Kier alpha value is 4.21. The second kappa shape index (κ2) is 44.6. The summed E-state index contributed by atoms with van der Waals surface area (Å²) in [4.78, 5) is 0. The van der Waals surface area contributed by atoms with Crippen LogP contribution in [-0.4, -0.2) is 31.3 Å². The van der Waals surface area contributed by atoms with Crippen LogP contribution in [0.3, 0.4) is 0 Å². The molecule has 0 amide bonds. The molecule has 0 aromatic heterocycles. The summed E-state index contributed by atoms with van der Waals surface area (Å²) < 4.78 is 32.6. The fourth-order valence-corrected chi connectivity index (χ4v) is 0.556. The fraction of sp³-hybridized carbons (Fsp3) is 1.00. The zero-order valence-electron chi connectivity index (χ0n) is 13.0. The van der Waals surface area contributed by atoms with Crippen molar-refractivity contribution in [3.8, 4) is 0 Å². The van der Waals surface area contributed by atoms with Crippen molar-refractivity contribution in [3.05, 3.63) is 0 Å². The van der Waals surface area contributed by atoms with Crippen molar-refractivity contribution in [1.82, 2.24) is 0 Å². The molecule has 0 aliphatic rings. The number of rotatable bonds is 5. The third-order valence-corrected chi connectivity index (χ3v) is 1.61. The molecule has 12 heteroatoms. The van der Waals surface area contributed by atoms with E-state index >= 15 is 0 Å². The van der Waals surface area contributed by atoms with Crippen molar-refractivity contribution < 1.29 is 35.5 Å². The van der Waals surface area contributed by atoms with Gasteiger partial charge in [-0.1, -0.05) is 40.5 Å². The summed E-state index contributed by atoms with van der Waals surface area (Å²) in [5, 5.41) is 7.88. The van der Waals surface area contributed by atoms with E-state index in [1.807, 2.05) is 6.92 Å². The van der Waals surface area contributed by atoms with Crippen molar-refractivity contribution in [1.29, 1.82) is 0 Å². The van der Waals surface area contributed by atoms with E-state index in [0.29, 0.717) is 26.3 Å². The number of hydrogen-bond acceptors (Lipinski definition) is 5. The first kappa shape index (κ1) is 40.8. The molecule has 0 fully saturated rings. The van der Waals surface area contributed by atoms with Gasteiger partial charge in [-0.3, -0.25) is 4.18 Å². The Bertz CT molecular complexity index is 212. The first-order chi connectivity index (χ1) is 9.80. The zero-order valence-corrected chi connectivity index (χ0v) is 27.0. The van der Waals surface area contributed by atoms with Crippen molar-refractivity contribution in [3.63, 3.8) is 0 Å². The van der Waals surface area contributed by atoms with Gasteiger partial charge in [0.2, 0.25) is 10.4 Å². The van der Waals surface area contributed by atoms with Crippen molar-refractivity contribution in [2.45, 2.75) is 53.4 Å². The first-order valence-corrected chi connectivity index (χ1v) is 26.2. The van der Waals surface area contributed by atoms with Gasteiger partial charge in [0.25, 0.3) is 0 Å². The summed E-state index contributed by atoms with van der Waals surface area (Å²) in [5.41, 5.74) is 0. The van der Waals surface area contributed by atoms with Crippen LogP contribution < -0.4 is 13.3 Å². The molecule has 0 unspecified atom stereocenters. The summed E-state index contributed by atoms with van der Waals surface area (Å²) >= 11 is 9.54. The van der Waals surface area contributed by atoms with Crippen LogP contribution in [0.2, 0.25) is 0 Å². The van der Waals surface area contributed by atoms with Crippen LogP contribution in [0, 0.1) is 0 Å². The Labute approximate surface area is 206 Å². The van der Waals surface area contributed by atoms with Gasteiger partial charge >= 0.3 is 50.5 Å². The monoisotopic (exact) mass is 1020 g/mol. The van der Waals surface area contributed by atoms with Crippen molar-refractivity contribution in [2.75, 3.05) is 13.2 Å². The van der Waals surface area contributed by atoms with Gasteiger partial charge in [-0.05, 0) is 12.8 Å². The molecule has 0 bridgehead atoms. The van der Waals surface area contributed by atoms with Gasteiger partial charge in [-0.15, -0.1) is 24.0 Å². The predicted molar refractivity (Wildman–Crippen MR) is 135 cm³/mol. The van der Waals surface area contributed by atoms with E-state index in [1.165, 1.54) is 12.8 Å². The normalized spacial score (nSPS) is 8.27. The Morgan fingerprint density at radius 1 is 1.00 bits per heavy atom. The fourth-order valence-electron chi connectivity index (χ4n) is 0.185. The van der Waals surface area contributed by atoms with E-state index in [2.05, 4.69) is 92.5 Å². The molecule has 0 heterocycles. The second-order valence-corrected chi connectivity index (χ2v) is 20.3. The topological polar surface area (TPSA) is 86.7 Å². The molecule has 1 N–H and O–H groups in total. The van der Waals surface area contributed by atoms with E-state index in [1.54, 1.807) is 6.92 Å². The molecule has 0 aromatic carbocycles. The van der Waals surface area contributed by atoms with E-state index in [0.717, 1.165) is 6.42 Å². The van der Waals surface area contributed by atoms with Crippen LogP contribution in [0.4, 0.5) is 0 Å². The second-order valence-electron chi connectivity index (χ2n) is 3.01. The molecular weight excluding hydrogens is 994 g/mol. The number of hydrogen-bond donors (Lipinski definition) is 1. The quantitative estimate of drug-likeness (QED) is 0.260. The van der Waals surface area contributed by atoms with Gasteiger partial charge in [-0.2, -0.15) is 0 Å². The van der Waals surface area contributed by atoms with Gasteiger partial charge in [0.1, 0.15) is 0 Å². The molecular formula is C10H26I6O5S-2. The van der Waals surface area contributed by atoms with Crippen LogP contribution in [0.25, 0.3) is 0 Å². The zero-order chi connectivity index (χ0) is 18.2. The molecule has 0 aromatic rings. The number of unbranched alkanes of at least 4 members (excludes halogenated alkanes) is 1. The van der Waals surface area contributed by atoms with Crippen molar-refractivity contribution >= 4 is 109 Å². The Kier molecular flexibility index (Phi) is 82.6. The molecule has 5 nitrogen and oxygen atoms in total. The van der Waals surface area contributed by atoms with E-state index in [4.69, 9.17) is 5.11 Å². The standard InChI is InChI=1S/C4H10.C3H8O4S.C3H8O.I3.I2.HI/c1-3-4-2;1-2-3-7-8(4,5)6;1-2-3-4;1-3-2;1-2;/h3-4H2,1-2H3;2-3H2,1H3,(H,4,5,6);4H,2-3H2,1H3;;;1H/q;;;-1;;/p-1. The average molecular weight is 1020 g/mol. The summed E-state index contributed by atoms with van der Waals surface area (Å²) in [6.45, 7) is 8.30. The molecule has 0 saturated carbocycles. The molecule has 0 radical (unpaired) electrons. The van der Waals surface area contributed by atoms with Crippen LogP contribution in [0.1, 0.15) is 53.4 Å². The minimum absolute atomic E-state index is 0. The van der Waals surface area contributed by atoms with Gasteiger partial charge in [0.15, 0.2) is 0 Å².